The largest absolute Gasteiger partial charge is 0.394 e. The number of amides is 1. The van der Waals surface area contributed by atoms with E-state index in [-0.39, 0.29) is 12.4 Å². The number of allylic oxidation sites excluding steroid dienone is 1. The van der Waals surface area contributed by atoms with Gasteiger partial charge in [-0.15, -0.1) is 0 Å². The predicted molar refractivity (Wildman–Crippen MR) is 124 cm³/mol. The first-order chi connectivity index (χ1) is 16.2. The molecule has 8 heteroatoms. The van der Waals surface area contributed by atoms with Crippen LogP contribution in [0.4, 0.5) is 5.69 Å². The zero-order valence-corrected chi connectivity index (χ0v) is 18.1. The third kappa shape index (κ3) is 4.48. The van der Waals surface area contributed by atoms with Crippen LogP contribution < -0.4 is 10.2 Å². The first kappa shape index (κ1) is 21.2. The lowest BCUT2D eigenvalue weighted by atomic mass is 10.0. The smallest absolute Gasteiger partial charge is 0.289 e. The number of aromatic nitrogens is 3. The van der Waals surface area contributed by atoms with Gasteiger partial charge in [-0.05, 0) is 17.2 Å². The SMILES string of the molecule is O=C(N[C@@H](CO)c1ccccc1)c1ncc(C2=CCc3ncc(N4CCOCC4)cc32)cn1. The van der Waals surface area contributed by atoms with Crippen LogP contribution in [0.25, 0.3) is 5.57 Å². The van der Waals surface area contributed by atoms with Crippen LogP contribution in [0.1, 0.15) is 39.0 Å². The molecule has 1 amide bonds. The maximum absolute atomic E-state index is 12.7. The average molecular weight is 444 g/mol. The zero-order valence-electron chi connectivity index (χ0n) is 18.1. The van der Waals surface area contributed by atoms with Crippen LogP contribution in [0.3, 0.4) is 0 Å². The first-order valence-electron chi connectivity index (χ1n) is 11.0. The summed E-state index contributed by atoms with van der Waals surface area (Å²) in [6, 6.07) is 11.0. The number of aliphatic hydroxyl groups is 1. The summed E-state index contributed by atoms with van der Waals surface area (Å²) in [5.74, 6) is -0.367. The number of hydrogen-bond donors (Lipinski definition) is 2. The number of benzene rings is 1. The molecular formula is C25H25N5O3. The Hall–Kier alpha value is -3.62. The summed E-state index contributed by atoms with van der Waals surface area (Å²) in [5, 5.41) is 12.5. The molecule has 33 heavy (non-hydrogen) atoms. The molecule has 1 aromatic carbocycles. The van der Waals surface area contributed by atoms with Gasteiger partial charge in [0.2, 0.25) is 5.82 Å². The van der Waals surface area contributed by atoms with Crippen molar-refractivity contribution in [2.75, 3.05) is 37.8 Å². The van der Waals surface area contributed by atoms with Crippen LogP contribution in [-0.4, -0.2) is 58.9 Å². The van der Waals surface area contributed by atoms with Gasteiger partial charge in [0.1, 0.15) is 0 Å². The van der Waals surface area contributed by atoms with E-state index in [1.807, 2.05) is 36.5 Å². The van der Waals surface area contributed by atoms with E-state index < -0.39 is 11.9 Å². The first-order valence-corrected chi connectivity index (χ1v) is 11.0. The number of aliphatic hydroxyl groups excluding tert-OH is 1. The number of hydrogen-bond acceptors (Lipinski definition) is 7. The molecule has 0 spiro atoms. The van der Waals surface area contributed by atoms with E-state index in [9.17, 15) is 9.90 Å². The van der Waals surface area contributed by atoms with E-state index in [0.717, 1.165) is 66.4 Å². The highest BCUT2D eigenvalue weighted by Gasteiger charge is 2.22. The number of fused-ring (bicyclic) bond motifs is 1. The van der Waals surface area contributed by atoms with Crippen molar-refractivity contribution in [2.24, 2.45) is 0 Å². The van der Waals surface area contributed by atoms with Gasteiger partial charge in [-0.2, -0.15) is 0 Å². The summed E-state index contributed by atoms with van der Waals surface area (Å²) in [6.07, 6.45) is 8.14. The van der Waals surface area contributed by atoms with Crippen molar-refractivity contribution in [1.29, 1.82) is 0 Å². The van der Waals surface area contributed by atoms with Gasteiger partial charge in [-0.25, -0.2) is 9.97 Å². The maximum atomic E-state index is 12.7. The Morgan fingerprint density at radius 1 is 1.09 bits per heavy atom. The Kier molecular flexibility index (Phi) is 6.10. The summed E-state index contributed by atoms with van der Waals surface area (Å²) < 4.78 is 5.45. The second-order valence-corrected chi connectivity index (χ2v) is 8.02. The number of carbonyl (C=O) groups is 1. The van der Waals surface area contributed by atoms with Crippen molar-refractivity contribution >= 4 is 17.2 Å². The quantitative estimate of drug-likeness (QED) is 0.602. The number of nitrogens with zero attached hydrogens (tertiary/aromatic N) is 4. The van der Waals surface area contributed by atoms with E-state index in [1.165, 1.54) is 0 Å². The molecule has 2 N–H and O–H groups in total. The van der Waals surface area contributed by atoms with E-state index in [4.69, 9.17) is 4.74 Å². The summed E-state index contributed by atoms with van der Waals surface area (Å²) in [5.41, 5.74) is 5.87. The number of morpholine rings is 1. The zero-order chi connectivity index (χ0) is 22.6. The molecule has 168 valence electrons. The molecule has 1 saturated heterocycles. The molecule has 1 fully saturated rings. The number of anilines is 1. The van der Waals surface area contributed by atoms with E-state index in [1.54, 1.807) is 12.4 Å². The van der Waals surface area contributed by atoms with Crippen molar-refractivity contribution in [1.82, 2.24) is 20.3 Å². The van der Waals surface area contributed by atoms with Gasteiger partial charge in [0.05, 0.1) is 43.4 Å². The number of pyridine rings is 1. The third-order valence-electron chi connectivity index (χ3n) is 5.98. The topological polar surface area (TPSA) is 100 Å². The Morgan fingerprint density at radius 2 is 1.85 bits per heavy atom. The van der Waals surface area contributed by atoms with Gasteiger partial charge in [0, 0.05) is 43.0 Å². The lowest BCUT2D eigenvalue weighted by Gasteiger charge is -2.29. The van der Waals surface area contributed by atoms with E-state index >= 15 is 0 Å². The Morgan fingerprint density at radius 3 is 2.58 bits per heavy atom. The van der Waals surface area contributed by atoms with Crippen LogP contribution in [0.2, 0.25) is 0 Å². The van der Waals surface area contributed by atoms with Crippen molar-refractivity contribution < 1.29 is 14.6 Å². The van der Waals surface area contributed by atoms with Gasteiger partial charge in [-0.3, -0.25) is 9.78 Å². The van der Waals surface area contributed by atoms with Gasteiger partial charge >= 0.3 is 0 Å². The standard InChI is InChI=1S/C25H25N5O3/c31-16-23(17-4-2-1-3-5-17)29-25(32)24-27-13-18(14-28-24)20-6-7-22-21(20)12-19(15-26-22)30-8-10-33-11-9-30/h1-6,12-15,23,31H,7-11,16H2,(H,29,32)/t23-/m0/s1. The van der Waals surface area contributed by atoms with E-state index in [0.29, 0.717) is 0 Å². The predicted octanol–water partition coefficient (Wildman–Crippen LogP) is 2.16. The summed E-state index contributed by atoms with van der Waals surface area (Å²) in [7, 11) is 0. The molecular weight excluding hydrogens is 418 g/mol. The molecule has 0 saturated carbocycles. The number of carbonyl (C=O) groups excluding carboxylic acids is 1. The Bertz CT molecular complexity index is 1160. The lowest BCUT2D eigenvalue weighted by molar-refractivity contribution is 0.0905. The van der Waals surface area contributed by atoms with Gasteiger partial charge in [0.25, 0.3) is 5.91 Å². The molecule has 0 bridgehead atoms. The molecule has 2 aliphatic rings. The number of rotatable bonds is 6. The van der Waals surface area contributed by atoms with Crippen LogP contribution in [-0.2, 0) is 11.2 Å². The maximum Gasteiger partial charge on any atom is 0.289 e. The number of ether oxygens (including phenoxy) is 1. The fourth-order valence-electron chi connectivity index (χ4n) is 4.18. The van der Waals surface area contributed by atoms with Crippen LogP contribution >= 0.6 is 0 Å². The summed E-state index contributed by atoms with van der Waals surface area (Å²) in [6.45, 7) is 2.93. The van der Waals surface area contributed by atoms with Crippen LogP contribution in [0.15, 0.2) is 61.1 Å². The van der Waals surface area contributed by atoms with Crippen molar-refractivity contribution in [3.05, 3.63) is 89.3 Å². The van der Waals surface area contributed by atoms with Crippen molar-refractivity contribution in [3.8, 4) is 0 Å². The minimum atomic E-state index is -0.518. The second kappa shape index (κ2) is 9.48. The Balaban J connectivity index is 1.32. The summed E-state index contributed by atoms with van der Waals surface area (Å²) >= 11 is 0. The molecule has 2 aromatic heterocycles. The minimum absolute atomic E-state index is 0.0622. The molecule has 0 unspecified atom stereocenters. The normalized spacial score (nSPS) is 16.2. The minimum Gasteiger partial charge on any atom is -0.394 e. The van der Waals surface area contributed by atoms with Gasteiger partial charge < -0.3 is 20.1 Å². The molecule has 8 nitrogen and oxygen atoms in total. The Labute approximate surface area is 192 Å². The van der Waals surface area contributed by atoms with Crippen LogP contribution in [0.5, 0.6) is 0 Å². The third-order valence-corrected chi connectivity index (χ3v) is 5.98. The average Bonchev–Trinajstić information content (AvgIpc) is 3.31. The lowest BCUT2D eigenvalue weighted by Crippen LogP contribution is -2.36. The highest BCUT2D eigenvalue weighted by atomic mass is 16.5. The highest BCUT2D eigenvalue weighted by molar-refractivity contribution is 5.91. The fraction of sp³-hybridized carbons (Fsp3) is 0.280. The van der Waals surface area contributed by atoms with Crippen LogP contribution in [0, 0.1) is 0 Å². The molecule has 3 heterocycles. The molecule has 0 radical (unpaired) electrons. The highest BCUT2D eigenvalue weighted by Crippen LogP contribution is 2.33. The van der Waals surface area contributed by atoms with E-state index in [2.05, 4.69) is 37.3 Å². The van der Waals surface area contributed by atoms with Crippen molar-refractivity contribution in [3.63, 3.8) is 0 Å². The van der Waals surface area contributed by atoms with Gasteiger partial charge in [0.15, 0.2) is 0 Å². The second-order valence-electron chi connectivity index (χ2n) is 8.02. The fourth-order valence-corrected chi connectivity index (χ4v) is 4.18. The van der Waals surface area contributed by atoms with Gasteiger partial charge in [-0.1, -0.05) is 36.4 Å². The molecule has 5 rings (SSSR count). The molecule has 1 aliphatic heterocycles. The molecule has 3 aromatic rings. The summed E-state index contributed by atoms with van der Waals surface area (Å²) in [4.78, 5) is 28.2. The van der Waals surface area contributed by atoms with Crippen molar-refractivity contribution in [2.45, 2.75) is 12.5 Å². The monoisotopic (exact) mass is 443 g/mol. The molecule has 1 atom stereocenters. The number of nitrogens with one attached hydrogen (secondary N) is 1. The molecule has 1 aliphatic carbocycles.